The molecule has 1 fully saturated rings. The fourth-order valence-electron chi connectivity index (χ4n) is 3.38. The van der Waals surface area contributed by atoms with Gasteiger partial charge in [0.25, 0.3) is 0 Å². The van der Waals surface area contributed by atoms with Crippen molar-refractivity contribution >= 4 is 29.4 Å². The third kappa shape index (κ3) is 4.46. The summed E-state index contributed by atoms with van der Waals surface area (Å²) in [6.07, 6.45) is 0.448. The largest absolute Gasteiger partial charge is 0.489 e. The van der Waals surface area contributed by atoms with Crippen LogP contribution in [-0.4, -0.2) is 66.4 Å². The zero-order valence-electron chi connectivity index (χ0n) is 16.9. The van der Waals surface area contributed by atoms with Crippen molar-refractivity contribution in [3.05, 3.63) is 23.2 Å². The molecule has 2 aliphatic heterocycles. The van der Waals surface area contributed by atoms with Crippen molar-refractivity contribution in [3.8, 4) is 5.75 Å². The van der Waals surface area contributed by atoms with Crippen molar-refractivity contribution in [1.29, 1.82) is 0 Å². The number of ether oxygens (including phenoxy) is 2. The fourth-order valence-corrected chi connectivity index (χ4v) is 3.54. The number of urea groups is 1. The minimum absolute atomic E-state index is 0.0370. The van der Waals surface area contributed by atoms with Crippen LogP contribution < -0.4 is 9.64 Å². The van der Waals surface area contributed by atoms with Crippen LogP contribution in [0.1, 0.15) is 34.1 Å². The summed E-state index contributed by atoms with van der Waals surface area (Å²) in [5.74, 6) is 0.623. The minimum Gasteiger partial charge on any atom is -0.489 e. The number of hydrogen-bond acceptors (Lipinski definition) is 4. The highest BCUT2D eigenvalue weighted by Crippen LogP contribution is 2.37. The lowest BCUT2D eigenvalue weighted by Gasteiger charge is -2.42. The fraction of sp³-hybridized carbons (Fsp3) is 0.600. The van der Waals surface area contributed by atoms with Gasteiger partial charge in [-0.05, 0) is 39.3 Å². The number of amides is 3. The zero-order chi connectivity index (χ0) is 20.5. The number of carbonyl (C=O) groups is 2. The van der Waals surface area contributed by atoms with Crippen molar-refractivity contribution in [3.63, 3.8) is 0 Å². The molecule has 28 heavy (non-hydrogen) atoms. The van der Waals surface area contributed by atoms with Crippen molar-refractivity contribution < 1.29 is 19.1 Å². The minimum atomic E-state index is -0.531. The maximum Gasteiger partial charge on any atom is 0.410 e. The first-order chi connectivity index (χ1) is 13.2. The van der Waals surface area contributed by atoms with Crippen LogP contribution in [-0.2, 0) is 4.74 Å². The van der Waals surface area contributed by atoms with E-state index in [1.165, 1.54) is 0 Å². The Hall–Kier alpha value is -2.15. The lowest BCUT2D eigenvalue weighted by molar-refractivity contribution is 0.0171. The molecule has 7 nitrogen and oxygen atoms in total. The first kappa shape index (κ1) is 20.6. The summed E-state index contributed by atoms with van der Waals surface area (Å²) in [6.45, 7) is 9.85. The van der Waals surface area contributed by atoms with E-state index in [2.05, 4.69) is 0 Å². The second-order valence-corrected chi connectivity index (χ2v) is 8.53. The lowest BCUT2D eigenvalue weighted by Crippen LogP contribution is -2.58. The Balaban J connectivity index is 1.70. The normalized spacial score (nSPS) is 19.8. The Morgan fingerprint density at radius 3 is 2.43 bits per heavy atom. The van der Waals surface area contributed by atoms with Gasteiger partial charge in [0.1, 0.15) is 18.0 Å². The molecule has 1 saturated heterocycles. The number of hydrogen-bond donors (Lipinski definition) is 0. The number of carbonyl (C=O) groups excluding carboxylic acids is 2. The Bertz CT molecular complexity index is 741. The van der Waals surface area contributed by atoms with Crippen LogP contribution in [0.15, 0.2) is 18.2 Å². The predicted molar refractivity (Wildman–Crippen MR) is 108 cm³/mol. The first-order valence-corrected chi connectivity index (χ1v) is 10.1. The van der Waals surface area contributed by atoms with Crippen LogP contribution >= 0.6 is 11.6 Å². The number of piperazine rings is 1. The smallest absolute Gasteiger partial charge is 0.410 e. The summed E-state index contributed by atoms with van der Waals surface area (Å²) in [5.41, 5.74) is 0.207. The van der Waals surface area contributed by atoms with Crippen molar-refractivity contribution in [1.82, 2.24) is 9.80 Å². The molecule has 0 radical (unpaired) electrons. The van der Waals surface area contributed by atoms with E-state index < -0.39 is 5.60 Å². The van der Waals surface area contributed by atoms with Gasteiger partial charge in [0.15, 0.2) is 0 Å². The number of halogens is 1. The highest BCUT2D eigenvalue weighted by Gasteiger charge is 2.36. The van der Waals surface area contributed by atoms with E-state index in [-0.39, 0.29) is 18.2 Å². The number of anilines is 1. The summed E-state index contributed by atoms with van der Waals surface area (Å²) in [7, 11) is 0. The second-order valence-electron chi connectivity index (χ2n) is 8.09. The van der Waals surface area contributed by atoms with Crippen molar-refractivity contribution in [2.45, 2.75) is 45.8 Å². The maximum atomic E-state index is 13.3. The molecule has 1 atom stereocenters. The van der Waals surface area contributed by atoms with Gasteiger partial charge >= 0.3 is 12.1 Å². The predicted octanol–water partition coefficient (Wildman–Crippen LogP) is 3.99. The topological polar surface area (TPSA) is 62.3 Å². The van der Waals surface area contributed by atoms with E-state index in [1.54, 1.807) is 26.8 Å². The monoisotopic (exact) mass is 409 g/mol. The standard InChI is InChI=1S/C20H28ClN3O4/c1-5-15-13-27-17-12-14(21)6-7-16(17)24(15)18(25)22-8-10-23(11-9-22)19(26)28-20(2,3)4/h6-7,12,15H,5,8-11,13H2,1-4H3. The summed E-state index contributed by atoms with van der Waals surface area (Å²) in [4.78, 5) is 30.8. The van der Waals surface area contributed by atoms with Crippen molar-refractivity contribution in [2.24, 2.45) is 0 Å². The van der Waals surface area contributed by atoms with Gasteiger partial charge in [-0.2, -0.15) is 0 Å². The van der Waals surface area contributed by atoms with Gasteiger partial charge in [-0.15, -0.1) is 0 Å². The number of benzene rings is 1. The number of rotatable bonds is 1. The third-order valence-corrected chi connectivity index (χ3v) is 5.09. The van der Waals surface area contributed by atoms with Crippen molar-refractivity contribution in [2.75, 3.05) is 37.7 Å². The molecule has 0 saturated carbocycles. The molecule has 0 spiro atoms. The van der Waals surface area contributed by atoms with Gasteiger partial charge in [-0.1, -0.05) is 18.5 Å². The van der Waals surface area contributed by atoms with Gasteiger partial charge in [0, 0.05) is 37.3 Å². The highest BCUT2D eigenvalue weighted by atomic mass is 35.5. The van der Waals surface area contributed by atoms with E-state index in [0.717, 1.165) is 12.1 Å². The van der Waals surface area contributed by atoms with Gasteiger partial charge in [-0.3, -0.25) is 4.90 Å². The molecule has 1 aromatic carbocycles. The molecule has 3 rings (SSSR count). The zero-order valence-corrected chi connectivity index (χ0v) is 17.7. The molecule has 154 valence electrons. The second kappa shape index (κ2) is 8.07. The molecule has 0 aliphatic carbocycles. The molecular weight excluding hydrogens is 382 g/mol. The van der Waals surface area contributed by atoms with Crippen LogP contribution in [0.4, 0.5) is 15.3 Å². The van der Waals surface area contributed by atoms with Crippen LogP contribution in [0.5, 0.6) is 5.75 Å². The quantitative estimate of drug-likeness (QED) is 0.703. The number of nitrogens with zero attached hydrogens (tertiary/aromatic N) is 3. The molecule has 1 aromatic rings. The molecule has 2 heterocycles. The summed E-state index contributed by atoms with van der Waals surface area (Å²) in [6, 6.07) is 5.23. The van der Waals surface area contributed by atoms with Gasteiger partial charge in [0.05, 0.1) is 11.7 Å². The third-order valence-electron chi connectivity index (χ3n) is 4.86. The lowest BCUT2D eigenvalue weighted by atomic mass is 10.1. The SMILES string of the molecule is CCC1COc2cc(Cl)ccc2N1C(=O)N1CCN(C(=O)OC(C)(C)C)CC1. The Labute approximate surface area is 171 Å². The molecule has 0 bridgehead atoms. The number of fused-ring (bicyclic) bond motifs is 1. The molecule has 8 heteroatoms. The van der Waals surface area contributed by atoms with Gasteiger partial charge in [-0.25, -0.2) is 9.59 Å². The van der Waals surface area contributed by atoms with Gasteiger partial charge in [0.2, 0.25) is 0 Å². The van der Waals surface area contributed by atoms with Crippen LogP contribution in [0.3, 0.4) is 0 Å². The maximum absolute atomic E-state index is 13.3. The first-order valence-electron chi connectivity index (χ1n) is 9.68. The Kier molecular flexibility index (Phi) is 5.93. The van der Waals surface area contributed by atoms with E-state index in [4.69, 9.17) is 21.1 Å². The van der Waals surface area contributed by atoms with Gasteiger partial charge < -0.3 is 19.3 Å². The Morgan fingerprint density at radius 2 is 1.82 bits per heavy atom. The highest BCUT2D eigenvalue weighted by molar-refractivity contribution is 6.30. The average Bonchev–Trinajstić information content (AvgIpc) is 2.65. The molecule has 2 aliphatic rings. The van der Waals surface area contributed by atoms with E-state index in [1.807, 2.05) is 33.8 Å². The molecular formula is C20H28ClN3O4. The van der Waals surface area contributed by atoms with E-state index in [0.29, 0.717) is 43.6 Å². The van der Waals surface area contributed by atoms with E-state index in [9.17, 15) is 9.59 Å². The summed E-state index contributed by atoms with van der Waals surface area (Å²) < 4.78 is 11.2. The average molecular weight is 410 g/mol. The molecule has 0 N–H and O–H groups in total. The van der Waals surface area contributed by atoms with Crippen LogP contribution in [0.25, 0.3) is 0 Å². The summed E-state index contributed by atoms with van der Waals surface area (Å²) >= 11 is 6.07. The molecule has 3 amide bonds. The van der Waals surface area contributed by atoms with Crippen LogP contribution in [0.2, 0.25) is 5.02 Å². The van der Waals surface area contributed by atoms with E-state index >= 15 is 0 Å². The van der Waals surface area contributed by atoms with Crippen LogP contribution in [0, 0.1) is 0 Å². The molecule has 1 unspecified atom stereocenters. The summed E-state index contributed by atoms with van der Waals surface area (Å²) in [5, 5.41) is 0.576. The molecule has 0 aromatic heterocycles. The Morgan fingerprint density at radius 1 is 1.18 bits per heavy atom.